The predicted molar refractivity (Wildman–Crippen MR) is 90.2 cm³/mol. The van der Waals surface area contributed by atoms with Crippen molar-refractivity contribution in [3.63, 3.8) is 0 Å². The molecule has 1 aromatic carbocycles. The maximum atomic E-state index is 13.6. The SMILES string of the molecule is CCNC(Cc1cc(F)cc(Br)c1)C(CC)(CC)OCC. The summed E-state index contributed by atoms with van der Waals surface area (Å²) >= 11 is 3.37. The molecule has 4 heteroatoms. The van der Waals surface area contributed by atoms with Crippen LogP contribution in [0.5, 0.6) is 0 Å². The lowest BCUT2D eigenvalue weighted by molar-refractivity contribution is -0.0715. The molecule has 1 atom stereocenters. The van der Waals surface area contributed by atoms with Crippen molar-refractivity contribution in [2.75, 3.05) is 13.2 Å². The zero-order chi connectivity index (χ0) is 15.9. The molecule has 0 aliphatic heterocycles. The van der Waals surface area contributed by atoms with E-state index in [1.54, 1.807) is 6.07 Å². The third kappa shape index (κ3) is 5.04. The Bertz CT molecular complexity index is 415. The Morgan fingerprint density at radius 1 is 1.19 bits per heavy atom. The average Bonchev–Trinajstić information content (AvgIpc) is 2.43. The highest BCUT2D eigenvalue weighted by atomic mass is 79.9. The molecule has 0 heterocycles. The number of nitrogens with one attached hydrogen (secondary N) is 1. The Labute approximate surface area is 136 Å². The highest BCUT2D eigenvalue weighted by molar-refractivity contribution is 9.10. The Morgan fingerprint density at radius 2 is 1.86 bits per heavy atom. The molecule has 0 fully saturated rings. The predicted octanol–water partition coefficient (Wildman–Crippen LogP) is 4.70. The minimum Gasteiger partial charge on any atom is -0.374 e. The fraction of sp³-hybridized carbons (Fsp3) is 0.647. The van der Waals surface area contributed by atoms with Crippen molar-refractivity contribution in [2.24, 2.45) is 0 Å². The van der Waals surface area contributed by atoms with Crippen molar-refractivity contribution in [2.45, 2.75) is 58.6 Å². The van der Waals surface area contributed by atoms with Crippen LogP contribution in [0, 0.1) is 5.82 Å². The van der Waals surface area contributed by atoms with E-state index < -0.39 is 0 Å². The Morgan fingerprint density at radius 3 is 2.33 bits per heavy atom. The summed E-state index contributed by atoms with van der Waals surface area (Å²) in [7, 11) is 0. The van der Waals surface area contributed by atoms with Crippen LogP contribution in [0.3, 0.4) is 0 Å². The zero-order valence-electron chi connectivity index (χ0n) is 13.5. The van der Waals surface area contributed by atoms with E-state index in [1.165, 1.54) is 6.07 Å². The number of likely N-dealkylation sites (N-methyl/N-ethyl adjacent to an activating group) is 1. The first-order chi connectivity index (χ1) is 10.0. The Balaban J connectivity index is 3.03. The first-order valence-corrected chi connectivity index (χ1v) is 8.62. The van der Waals surface area contributed by atoms with Crippen LogP contribution >= 0.6 is 15.9 Å². The highest BCUT2D eigenvalue weighted by Gasteiger charge is 2.36. The average molecular weight is 360 g/mol. The topological polar surface area (TPSA) is 21.3 Å². The summed E-state index contributed by atoms with van der Waals surface area (Å²) < 4.78 is 20.5. The largest absolute Gasteiger partial charge is 0.374 e. The van der Waals surface area contributed by atoms with Crippen LogP contribution < -0.4 is 5.32 Å². The first-order valence-electron chi connectivity index (χ1n) is 7.83. The zero-order valence-corrected chi connectivity index (χ0v) is 15.1. The fourth-order valence-corrected chi connectivity index (χ4v) is 3.50. The van der Waals surface area contributed by atoms with Gasteiger partial charge in [-0.25, -0.2) is 4.39 Å². The number of halogens is 2. The lowest BCUT2D eigenvalue weighted by atomic mass is 9.84. The molecule has 0 saturated heterocycles. The number of ether oxygens (including phenoxy) is 1. The maximum Gasteiger partial charge on any atom is 0.124 e. The van der Waals surface area contributed by atoms with E-state index in [2.05, 4.69) is 42.0 Å². The van der Waals surface area contributed by atoms with Crippen molar-refractivity contribution in [1.82, 2.24) is 5.32 Å². The van der Waals surface area contributed by atoms with Gasteiger partial charge in [-0.3, -0.25) is 0 Å². The molecule has 1 rings (SSSR count). The molecule has 0 aliphatic rings. The summed E-state index contributed by atoms with van der Waals surface area (Å²) in [6.45, 7) is 10.0. The minimum atomic E-state index is -0.205. The van der Waals surface area contributed by atoms with Gasteiger partial charge in [-0.1, -0.05) is 36.7 Å². The van der Waals surface area contributed by atoms with Gasteiger partial charge in [0.15, 0.2) is 0 Å². The molecule has 0 saturated carbocycles. The molecule has 120 valence electrons. The van der Waals surface area contributed by atoms with Crippen LogP contribution in [-0.4, -0.2) is 24.8 Å². The van der Waals surface area contributed by atoms with Gasteiger partial charge in [-0.2, -0.15) is 0 Å². The van der Waals surface area contributed by atoms with E-state index in [1.807, 2.05) is 13.0 Å². The van der Waals surface area contributed by atoms with Gasteiger partial charge in [0.05, 0.1) is 5.60 Å². The molecule has 0 amide bonds. The fourth-order valence-electron chi connectivity index (χ4n) is 2.99. The van der Waals surface area contributed by atoms with Crippen molar-refractivity contribution in [1.29, 1.82) is 0 Å². The molecule has 1 N–H and O–H groups in total. The van der Waals surface area contributed by atoms with Crippen LogP contribution in [0.25, 0.3) is 0 Å². The van der Waals surface area contributed by atoms with Gasteiger partial charge in [-0.15, -0.1) is 0 Å². The number of rotatable bonds is 9. The summed E-state index contributed by atoms with van der Waals surface area (Å²) in [4.78, 5) is 0. The molecule has 0 aliphatic carbocycles. The second kappa shape index (κ2) is 8.86. The highest BCUT2D eigenvalue weighted by Crippen LogP contribution is 2.28. The summed E-state index contributed by atoms with van der Waals surface area (Å²) in [5.41, 5.74) is 0.780. The molecule has 2 nitrogen and oxygen atoms in total. The summed E-state index contributed by atoms with van der Waals surface area (Å²) in [5.74, 6) is -0.204. The van der Waals surface area contributed by atoms with E-state index in [9.17, 15) is 4.39 Å². The molecule has 0 bridgehead atoms. The smallest absolute Gasteiger partial charge is 0.124 e. The quantitative estimate of drug-likeness (QED) is 0.689. The van der Waals surface area contributed by atoms with Gasteiger partial charge in [0.1, 0.15) is 5.82 Å². The molecule has 21 heavy (non-hydrogen) atoms. The third-order valence-corrected chi connectivity index (χ3v) is 4.53. The van der Waals surface area contributed by atoms with E-state index in [0.717, 1.165) is 35.8 Å². The monoisotopic (exact) mass is 359 g/mol. The summed E-state index contributed by atoms with van der Waals surface area (Å²) in [6, 6.07) is 5.25. The molecule has 0 aromatic heterocycles. The van der Waals surface area contributed by atoms with E-state index >= 15 is 0 Å². The van der Waals surface area contributed by atoms with Crippen LogP contribution in [0.1, 0.15) is 46.1 Å². The van der Waals surface area contributed by atoms with Gasteiger partial charge in [0, 0.05) is 17.1 Å². The first kappa shape index (κ1) is 18.6. The Kier molecular flexibility index (Phi) is 7.85. The van der Waals surface area contributed by atoms with Crippen molar-refractivity contribution >= 4 is 15.9 Å². The lowest BCUT2D eigenvalue weighted by Gasteiger charge is -2.40. The standard InChI is InChI=1S/C17H27BrFNO/c1-5-17(6-2,21-8-4)16(20-7-3)11-13-9-14(18)12-15(19)10-13/h9-10,12,16,20H,5-8,11H2,1-4H3. The van der Waals surface area contributed by atoms with E-state index in [4.69, 9.17) is 4.74 Å². The summed E-state index contributed by atoms with van der Waals surface area (Å²) in [6.07, 6.45) is 2.63. The van der Waals surface area contributed by atoms with Crippen LogP contribution in [0.15, 0.2) is 22.7 Å². The number of hydrogen-bond donors (Lipinski definition) is 1. The van der Waals surface area contributed by atoms with Crippen LogP contribution in [0.4, 0.5) is 4.39 Å². The number of benzene rings is 1. The number of hydrogen-bond acceptors (Lipinski definition) is 2. The van der Waals surface area contributed by atoms with Crippen LogP contribution in [0.2, 0.25) is 0 Å². The normalized spacial score (nSPS) is 13.4. The van der Waals surface area contributed by atoms with E-state index in [0.29, 0.717) is 6.61 Å². The van der Waals surface area contributed by atoms with E-state index in [-0.39, 0.29) is 17.5 Å². The van der Waals surface area contributed by atoms with Gasteiger partial charge in [-0.05, 0) is 56.5 Å². The minimum absolute atomic E-state index is 0.172. The van der Waals surface area contributed by atoms with Gasteiger partial charge >= 0.3 is 0 Å². The van der Waals surface area contributed by atoms with Crippen molar-refractivity contribution in [3.8, 4) is 0 Å². The van der Waals surface area contributed by atoms with Crippen molar-refractivity contribution in [3.05, 3.63) is 34.1 Å². The second-order valence-electron chi connectivity index (χ2n) is 5.30. The third-order valence-electron chi connectivity index (χ3n) is 4.08. The van der Waals surface area contributed by atoms with Gasteiger partial charge in [0.2, 0.25) is 0 Å². The molecule has 0 spiro atoms. The molecular weight excluding hydrogens is 333 g/mol. The second-order valence-corrected chi connectivity index (χ2v) is 6.21. The molecule has 0 radical (unpaired) electrons. The molecule has 1 aromatic rings. The Hall–Kier alpha value is -0.450. The van der Waals surface area contributed by atoms with Crippen molar-refractivity contribution < 1.29 is 9.13 Å². The maximum absolute atomic E-state index is 13.6. The molecule has 1 unspecified atom stereocenters. The summed E-state index contributed by atoms with van der Waals surface area (Å²) in [5, 5.41) is 3.53. The van der Waals surface area contributed by atoms with Gasteiger partial charge < -0.3 is 10.1 Å². The van der Waals surface area contributed by atoms with Crippen LogP contribution in [-0.2, 0) is 11.2 Å². The molecular formula is C17H27BrFNO. The van der Waals surface area contributed by atoms with Gasteiger partial charge in [0.25, 0.3) is 0 Å². The lowest BCUT2D eigenvalue weighted by Crippen LogP contribution is -2.53.